The summed E-state index contributed by atoms with van der Waals surface area (Å²) >= 11 is 5.58. The van der Waals surface area contributed by atoms with Crippen molar-refractivity contribution in [2.24, 2.45) is 0 Å². The Bertz CT molecular complexity index is 625. The van der Waals surface area contributed by atoms with Gasteiger partial charge in [0.15, 0.2) is 0 Å². The summed E-state index contributed by atoms with van der Waals surface area (Å²) in [7, 11) is 0. The molecule has 1 aliphatic rings. The summed E-state index contributed by atoms with van der Waals surface area (Å²) in [6, 6.07) is 6.43. The minimum Gasteiger partial charge on any atom is -0.353 e. The van der Waals surface area contributed by atoms with Gasteiger partial charge in [0, 0.05) is 13.1 Å². The Morgan fingerprint density at radius 2 is 1.61 bits per heavy atom. The monoisotopic (exact) mass is 337 g/mol. The van der Waals surface area contributed by atoms with Gasteiger partial charge in [-0.25, -0.2) is 0 Å². The fourth-order valence-corrected chi connectivity index (χ4v) is 2.19. The Morgan fingerprint density at radius 3 is 2.13 bits per heavy atom. The first-order valence-corrected chi connectivity index (χ1v) is 7.49. The summed E-state index contributed by atoms with van der Waals surface area (Å²) in [5.74, 6) is -1.77. The van der Waals surface area contributed by atoms with Crippen molar-refractivity contribution in [3.8, 4) is 0 Å². The predicted octanol–water partition coefficient (Wildman–Crippen LogP) is 0.142. The molecule has 0 aromatic heterocycles. The third kappa shape index (κ3) is 3.87. The second-order valence-corrected chi connectivity index (χ2v) is 5.65. The van der Waals surface area contributed by atoms with Gasteiger partial charge >= 0.3 is 0 Å². The summed E-state index contributed by atoms with van der Waals surface area (Å²) < 4.78 is 0. The van der Waals surface area contributed by atoms with Crippen molar-refractivity contribution in [2.45, 2.75) is 12.3 Å². The fourth-order valence-electron chi connectivity index (χ4n) is 2.11. The number of nitrogens with zero attached hydrogens (tertiary/aromatic N) is 1. The van der Waals surface area contributed by atoms with Crippen LogP contribution in [0.1, 0.15) is 27.6 Å². The van der Waals surface area contributed by atoms with Gasteiger partial charge in [0.05, 0.1) is 11.1 Å². The van der Waals surface area contributed by atoms with Gasteiger partial charge in [-0.3, -0.25) is 24.1 Å². The number of imide groups is 1. The maximum Gasteiger partial charge on any atom is 0.262 e. The number of carbonyl (C=O) groups excluding carboxylic acids is 4. The van der Waals surface area contributed by atoms with Crippen molar-refractivity contribution in [3.63, 3.8) is 0 Å². The Labute approximate surface area is 138 Å². The lowest BCUT2D eigenvalue weighted by molar-refractivity contribution is -0.122. The molecule has 1 aromatic rings. The lowest BCUT2D eigenvalue weighted by Crippen LogP contribution is -2.43. The zero-order valence-electron chi connectivity index (χ0n) is 12.5. The number of benzene rings is 1. The highest BCUT2D eigenvalue weighted by molar-refractivity contribution is 6.30. The minimum atomic E-state index is -0.649. The van der Waals surface area contributed by atoms with Crippen LogP contribution in [0.5, 0.6) is 0 Å². The van der Waals surface area contributed by atoms with Crippen LogP contribution >= 0.6 is 11.6 Å². The lowest BCUT2D eigenvalue weighted by atomic mass is 10.1. The summed E-state index contributed by atoms with van der Waals surface area (Å²) in [5, 5.41) is 4.41. The van der Waals surface area contributed by atoms with Crippen LogP contribution in [-0.2, 0) is 9.59 Å². The van der Waals surface area contributed by atoms with Crippen molar-refractivity contribution < 1.29 is 19.2 Å². The molecular weight excluding hydrogens is 322 g/mol. The van der Waals surface area contributed by atoms with Crippen LogP contribution in [0.15, 0.2) is 24.3 Å². The van der Waals surface area contributed by atoms with E-state index in [-0.39, 0.29) is 25.5 Å². The zero-order valence-corrected chi connectivity index (χ0v) is 13.2. The van der Waals surface area contributed by atoms with Crippen molar-refractivity contribution in [3.05, 3.63) is 35.4 Å². The first-order valence-electron chi connectivity index (χ1n) is 7.05. The van der Waals surface area contributed by atoms with E-state index in [0.717, 1.165) is 4.90 Å². The van der Waals surface area contributed by atoms with Crippen LogP contribution < -0.4 is 10.6 Å². The van der Waals surface area contributed by atoms with E-state index < -0.39 is 23.1 Å². The Hall–Kier alpha value is -2.41. The van der Waals surface area contributed by atoms with E-state index in [1.807, 2.05) is 0 Å². The summed E-state index contributed by atoms with van der Waals surface area (Å²) in [6.45, 7) is 1.57. The van der Waals surface area contributed by atoms with Gasteiger partial charge < -0.3 is 10.6 Å². The van der Waals surface area contributed by atoms with Crippen molar-refractivity contribution >= 4 is 35.2 Å². The quantitative estimate of drug-likeness (QED) is 0.438. The Kier molecular flexibility index (Phi) is 5.33. The summed E-state index contributed by atoms with van der Waals surface area (Å²) in [4.78, 5) is 48.1. The van der Waals surface area contributed by atoms with Crippen molar-refractivity contribution in [1.82, 2.24) is 15.5 Å². The number of rotatable bonds is 6. The molecule has 0 aliphatic carbocycles. The average Bonchev–Trinajstić information content (AvgIpc) is 2.77. The third-order valence-electron chi connectivity index (χ3n) is 3.29. The third-order valence-corrected chi connectivity index (χ3v) is 3.49. The second kappa shape index (κ2) is 7.23. The number of alkyl halides is 1. The molecule has 4 amide bonds. The van der Waals surface area contributed by atoms with Crippen LogP contribution in [-0.4, -0.2) is 53.5 Å². The molecular formula is C15H16ClN3O4. The summed E-state index contributed by atoms with van der Waals surface area (Å²) in [6.07, 6.45) is 0. The Balaban J connectivity index is 1.82. The normalized spacial score (nSPS) is 14.4. The van der Waals surface area contributed by atoms with Gasteiger partial charge in [0.25, 0.3) is 11.8 Å². The van der Waals surface area contributed by atoms with E-state index in [2.05, 4.69) is 10.6 Å². The number of halogens is 1. The highest BCUT2D eigenvalue weighted by atomic mass is 35.5. The molecule has 1 atom stereocenters. The number of nitrogens with one attached hydrogen (secondary N) is 2. The van der Waals surface area contributed by atoms with Crippen LogP contribution in [0.2, 0.25) is 0 Å². The molecule has 23 heavy (non-hydrogen) atoms. The summed E-state index contributed by atoms with van der Waals surface area (Å²) in [5.41, 5.74) is 0.599. The van der Waals surface area contributed by atoms with Gasteiger partial charge in [-0.1, -0.05) is 12.1 Å². The molecule has 1 aliphatic heterocycles. The van der Waals surface area contributed by atoms with E-state index in [9.17, 15) is 19.2 Å². The van der Waals surface area contributed by atoms with Crippen LogP contribution in [0.25, 0.3) is 0 Å². The van der Waals surface area contributed by atoms with Gasteiger partial charge in [0.1, 0.15) is 11.9 Å². The van der Waals surface area contributed by atoms with Gasteiger partial charge in [-0.15, -0.1) is 11.6 Å². The van der Waals surface area contributed by atoms with Gasteiger partial charge in [0.2, 0.25) is 11.8 Å². The molecule has 0 bridgehead atoms. The first-order chi connectivity index (χ1) is 10.9. The molecule has 1 unspecified atom stereocenters. The molecule has 0 radical (unpaired) electrons. The number of amides is 4. The number of hydrogen-bond donors (Lipinski definition) is 2. The molecule has 0 fully saturated rings. The van der Waals surface area contributed by atoms with Crippen LogP contribution in [0.3, 0.4) is 0 Å². The second-order valence-electron chi connectivity index (χ2n) is 5.00. The molecule has 2 N–H and O–H groups in total. The van der Waals surface area contributed by atoms with Gasteiger partial charge in [-0.05, 0) is 19.1 Å². The number of hydrogen-bond acceptors (Lipinski definition) is 4. The molecule has 7 nitrogen and oxygen atoms in total. The molecule has 8 heteroatoms. The van der Waals surface area contributed by atoms with E-state index in [1.54, 1.807) is 24.3 Å². The highest BCUT2D eigenvalue weighted by Gasteiger charge is 2.36. The van der Waals surface area contributed by atoms with Crippen molar-refractivity contribution in [1.29, 1.82) is 0 Å². The van der Waals surface area contributed by atoms with E-state index in [0.29, 0.717) is 11.1 Å². The number of carbonyl (C=O) groups is 4. The van der Waals surface area contributed by atoms with E-state index in [1.165, 1.54) is 6.92 Å². The first kappa shape index (κ1) is 17.0. The molecule has 0 saturated heterocycles. The molecule has 0 spiro atoms. The topological polar surface area (TPSA) is 95.6 Å². The molecule has 0 saturated carbocycles. The van der Waals surface area contributed by atoms with Crippen molar-refractivity contribution in [2.75, 3.05) is 19.6 Å². The van der Waals surface area contributed by atoms with E-state index in [4.69, 9.17) is 11.6 Å². The highest BCUT2D eigenvalue weighted by Crippen LogP contribution is 2.21. The lowest BCUT2D eigenvalue weighted by Gasteiger charge is -2.14. The predicted molar refractivity (Wildman–Crippen MR) is 83.1 cm³/mol. The van der Waals surface area contributed by atoms with Crippen LogP contribution in [0, 0.1) is 0 Å². The largest absolute Gasteiger partial charge is 0.353 e. The molecule has 1 heterocycles. The minimum absolute atomic E-state index is 0.178. The maximum absolute atomic E-state index is 12.1. The molecule has 2 rings (SSSR count). The molecule has 1 aromatic carbocycles. The maximum atomic E-state index is 12.1. The SMILES string of the molecule is CC(Cl)C(=O)NCCNC(=O)CN1C(=O)c2ccccc2C1=O. The van der Waals surface area contributed by atoms with Crippen LogP contribution in [0.4, 0.5) is 0 Å². The Morgan fingerprint density at radius 1 is 1.09 bits per heavy atom. The van der Waals surface area contributed by atoms with E-state index >= 15 is 0 Å². The standard InChI is InChI=1S/C15H16ClN3O4/c1-9(16)13(21)18-7-6-17-12(20)8-19-14(22)10-4-2-3-5-11(10)15(19)23/h2-5,9H,6-8H2,1H3,(H,17,20)(H,18,21). The number of fused-ring (bicyclic) bond motifs is 1. The average molecular weight is 338 g/mol. The smallest absolute Gasteiger partial charge is 0.262 e. The fraction of sp³-hybridized carbons (Fsp3) is 0.333. The van der Waals surface area contributed by atoms with Gasteiger partial charge in [-0.2, -0.15) is 0 Å². The zero-order chi connectivity index (χ0) is 17.0. The molecule has 122 valence electrons.